The number of carbonyl (C=O) groups is 1. The second kappa shape index (κ2) is 6.13. The van der Waals surface area contributed by atoms with Gasteiger partial charge in [0, 0.05) is 25.4 Å². The first-order chi connectivity index (χ1) is 12.0. The second-order valence-corrected chi connectivity index (χ2v) is 7.08. The van der Waals surface area contributed by atoms with Gasteiger partial charge in [-0.2, -0.15) is 10.2 Å². The summed E-state index contributed by atoms with van der Waals surface area (Å²) in [5.41, 5.74) is 3.49. The zero-order valence-corrected chi connectivity index (χ0v) is 14.7. The summed E-state index contributed by atoms with van der Waals surface area (Å²) in [6.07, 6.45) is 4.80. The monoisotopic (exact) mass is 341 g/mol. The maximum Gasteiger partial charge on any atom is 0.274 e. The molecular formula is C18H23N5O2. The first kappa shape index (κ1) is 16.1. The third kappa shape index (κ3) is 2.88. The largest absolute Gasteiger partial charge is 0.332 e. The zero-order chi connectivity index (χ0) is 17.6. The quantitative estimate of drug-likeness (QED) is 0.837. The van der Waals surface area contributed by atoms with Gasteiger partial charge < -0.3 is 4.90 Å². The number of nitrogens with zero attached hydrogens (tertiary/aromatic N) is 5. The van der Waals surface area contributed by atoms with Crippen LogP contribution < -0.4 is 5.56 Å². The van der Waals surface area contributed by atoms with Gasteiger partial charge in [-0.15, -0.1) is 0 Å². The van der Waals surface area contributed by atoms with Crippen LogP contribution in [0, 0.1) is 6.92 Å². The highest BCUT2D eigenvalue weighted by atomic mass is 16.2. The average Bonchev–Trinajstić information content (AvgIpc) is 3.29. The van der Waals surface area contributed by atoms with Gasteiger partial charge in [-0.05, 0) is 50.7 Å². The van der Waals surface area contributed by atoms with Crippen molar-refractivity contribution in [2.24, 2.45) is 7.05 Å². The molecule has 7 heteroatoms. The summed E-state index contributed by atoms with van der Waals surface area (Å²) in [6.45, 7) is 3.10. The number of amides is 1. The molecule has 2 aliphatic rings. The van der Waals surface area contributed by atoms with Gasteiger partial charge in [0.05, 0.1) is 18.3 Å². The van der Waals surface area contributed by atoms with Crippen molar-refractivity contribution in [3.63, 3.8) is 0 Å². The Kier molecular flexibility index (Phi) is 3.94. The highest BCUT2D eigenvalue weighted by Crippen LogP contribution is 2.22. The molecular weight excluding hydrogens is 318 g/mol. The summed E-state index contributed by atoms with van der Waals surface area (Å²) in [7, 11) is 1.83. The van der Waals surface area contributed by atoms with Gasteiger partial charge in [0.2, 0.25) is 0 Å². The highest BCUT2D eigenvalue weighted by Gasteiger charge is 2.31. The van der Waals surface area contributed by atoms with Crippen molar-refractivity contribution in [1.29, 1.82) is 0 Å². The minimum atomic E-state index is -0.0615. The van der Waals surface area contributed by atoms with Crippen molar-refractivity contribution in [2.75, 3.05) is 6.54 Å². The molecule has 0 N–H and O–H groups in total. The Hall–Kier alpha value is -2.44. The molecule has 0 aromatic carbocycles. The van der Waals surface area contributed by atoms with Gasteiger partial charge in [0.15, 0.2) is 5.69 Å². The predicted molar refractivity (Wildman–Crippen MR) is 92.5 cm³/mol. The maximum atomic E-state index is 12.8. The third-order valence-electron chi connectivity index (χ3n) is 5.38. The number of carbonyl (C=O) groups excluding carboxylic acids is 1. The molecule has 0 bridgehead atoms. The van der Waals surface area contributed by atoms with Crippen LogP contribution in [0.5, 0.6) is 0 Å². The molecule has 1 aliphatic heterocycles. The fourth-order valence-corrected chi connectivity index (χ4v) is 3.87. The molecule has 132 valence electrons. The summed E-state index contributed by atoms with van der Waals surface area (Å²) >= 11 is 0. The van der Waals surface area contributed by atoms with E-state index in [0.717, 1.165) is 49.1 Å². The fourth-order valence-electron chi connectivity index (χ4n) is 3.87. The van der Waals surface area contributed by atoms with Gasteiger partial charge in [0.25, 0.3) is 11.5 Å². The Morgan fingerprint density at radius 2 is 2.08 bits per heavy atom. The molecule has 1 amide bonds. The Morgan fingerprint density at radius 1 is 1.24 bits per heavy atom. The normalized spacial score (nSPS) is 19.4. The Bertz CT molecular complexity index is 863. The van der Waals surface area contributed by atoms with Crippen LogP contribution >= 0.6 is 0 Å². The standard InChI is InChI=1S/C18H23N5O2/c1-12-9-16(19-21(12)2)18(25)22-8-4-6-14(22)11-23-17(24)10-13-5-3-7-15(13)20-23/h9-10,14H,3-8,11H2,1-2H3. The van der Waals surface area contributed by atoms with E-state index in [2.05, 4.69) is 10.2 Å². The van der Waals surface area contributed by atoms with E-state index in [9.17, 15) is 9.59 Å². The number of hydrogen-bond acceptors (Lipinski definition) is 4. The molecule has 25 heavy (non-hydrogen) atoms. The van der Waals surface area contributed by atoms with Gasteiger partial charge >= 0.3 is 0 Å². The fraction of sp³-hybridized carbons (Fsp3) is 0.556. The number of hydrogen-bond donors (Lipinski definition) is 0. The van der Waals surface area contributed by atoms with Gasteiger partial charge in [-0.25, -0.2) is 4.68 Å². The van der Waals surface area contributed by atoms with Crippen LogP contribution in [-0.4, -0.2) is 43.0 Å². The molecule has 0 spiro atoms. The van der Waals surface area contributed by atoms with E-state index in [1.165, 1.54) is 0 Å². The number of fused-ring (bicyclic) bond motifs is 1. The van der Waals surface area contributed by atoms with E-state index in [-0.39, 0.29) is 17.5 Å². The molecule has 1 atom stereocenters. The zero-order valence-electron chi connectivity index (χ0n) is 14.7. The summed E-state index contributed by atoms with van der Waals surface area (Å²) in [5, 5.41) is 8.85. The predicted octanol–water partition coefficient (Wildman–Crippen LogP) is 1.08. The van der Waals surface area contributed by atoms with Crippen molar-refractivity contribution in [3.8, 4) is 0 Å². The molecule has 3 heterocycles. The lowest BCUT2D eigenvalue weighted by Crippen LogP contribution is -2.41. The molecule has 2 aromatic rings. The summed E-state index contributed by atoms with van der Waals surface area (Å²) < 4.78 is 3.26. The van der Waals surface area contributed by atoms with Crippen LogP contribution in [0.1, 0.15) is 46.7 Å². The van der Waals surface area contributed by atoms with Crippen molar-refractivity contribution < 1.29 is 4.79 Å². The molecule has 0 saturated carbocycles. The van der Waals surface area contributed by atoms with Crippen LogP contribution in [0.3, 0.4) is 0 Å². The summed E-state index contributed by atoms with van der Waals surface area (Å²) in [4.78, 5) is 27.0. The molecule has 1 fully saturated rings. The highest BCUT2D eigenvalue weighted by molar-refractivity contribution is 5.92. The van der Waals surface area contributed by atoms with Gasteiger partial charge in [-0.1, -0.05) is 0 Å². The SMILES string of the molecule is Cc1cc(C(=O)N2CCCC2Cn2nc3c(cc2=O)CCC3)nn1C. The molecule has 1 saturated heterocycles. The molecule has 2 aromatic heterocycles. The topological polar surface area (TPSA) is 73.0 Å². The van der Waals surface area contributed by atoms with E-state index in [1.54, 1.807) is 15.4 Å². The Morgan fingerprint density at radius 3 is 2.84 bits per heavy atom. The Labute approximate surface area is 146 Å². The first-order valence-electron chi connectivity index (χ1n) is 8.94. The Balaban J connectivity index is 1.56. The van der Waals surface area contributed by atoms with Gasteiger partial charge in [0.1, 0.15) is 0 Å². The van der Waals surface area contributed by atoms with Crippen LogP contribution in [0.25, 0.3) is 0 Å². The van der Waals surface area contributed by atoms with Crippen LogP contribution in [0.15, 0.2) is 16.9 Å². The number of likely N-dealkylation sites (tertiary alicyclic amines) is 1. The van der Waals surface area contributed by atoms with E-state index in [4.69, 9.17) is 0 Å². The smallest absolute Gasteiger partial charge is 0.274 e. The minimum Gasteiger partial charge on any atom is -0.332 e. The molecule has 1 unspecified atom stereocenters. The lowest BCUT2D eigenvalue weighted by molar-refractivity contribution is 0.0713. The van der Waals surface area contributed by atoms with Crippen LogP contribution in [0.2, 0.25) is 0 Å². The van der Waals surface area contributed by atoms with Gasteiger partial charge in [-0.3, -0.25) is 14.3 Å². The number of aryl methyl sites for hydroxylation is 4. The number of rotatable bonds is 3. The average molecular weight is 341 g/mol. The minimum absolute atomic E-state index is 0.000495. The number of aromatic nitrogens is 4. The van der Waals surface area contributed by atoms with Crippen molar-refractivity contribution in [2.45, 2.75) is 51.6 Å². The molecule has 7 nitrogen and oxygen atoms in total. The van der Waals surface area contributed by atoms with E-state index >= 15 is 0 Å². The molecule has 4 rings (SSSR count). The van der Waals surface area contributed by atoms with Crippen molar-refractivity contribution >= 4 is 5.91 Å². The van der Waals surface area contributed by atoms with E-state index in [1.807, 2.05) is 24.9 Å². The van der Waals surface area contributed by atoms with E-state index in [0.29, 0.717) is 18.8 Å². The lowest BCUT2D eigenvalue weighted by Gasteiger charge is -2.24. The third-order valence-corrected chi connectivity index (χ3v) is 5.38. The molecule has 0 radical (unpaired) electrons. The molecule has 1 aliphatic carbocycles. The lowest BCUT2D eigenvalue weighted by atomic mass is 10.2. The van der Waals surface area contributed by atoms with E-state index < -0.39 is 0 Å². The summed E-state index contributed by atoms with van der Waals surface area (Å²) in [6, 6.07) is 3.54. The second-order valence-electron chi connectivity index (χ2n) is 7.08. The first-order valence-corrected chi connectivity index (χ1v) is 8.94. The summed E-state index contributed by atoms with van der Waals surface area (Å²) in [5.74, 6) is -0.0552. The van der Waals surface area contributed by atoms with Crippen molar-refractivity contribution in [3.05, 3.63) is 45.1 Å². The van der Waals surface area contributed by atoms with Crippen LogP contribution in [-0.2, 0) is 26.4 Å². The van der Waals surface area contributed by atoms with Crippen molar-refractivity contribution in [1.82, 2.24) is 24.5 Å². The maximum absolute atomic E-state index is 12.8. The van der Waals surface area contributed by atoms with Crippen LogP contribution in [0.4, 0.5) is 0 Å².